The Kier molecular flexibility index (Phi) is 5.68. The first kappa shape index (κ1) is 20.7. The minimum atomic E-state index is -0.329. The van der Waals surface area contributed by atoms with Gasteiger partial charge in [-0.05, 0) is 60.0 Å². The summed E-state index contributed by atoms with van der Waals surface area (Å²) in [4.78, 5) is 18.5. The van der Waals surface area contributed by atoms with Gasteiger partial charge in [-0.1, -0.05) is 23.7 Å². The summed E-state index contributed by atoms with van der Waals surface area (Å²) in [7, 11) is 0. The number of carbonyl (C=O) groups excluding carboxylic acids is 1. The molecule has 2 aromatic heterocycles. The molecule has 5 nitrogen and oxygen atoms in total. The van der Waals surface area contributed by atoms with E-state index in [1.807, 2.05) is 52.7 Å². The number of carbonyl (C=O) groups is 1. The second kappa shape index (κ2) is 8.76. The first-order valence-corrected chi connectivity index (χ1v) is 11.5. The average Bonchev–Trinajstić information content (AvgIpc) is 3.50. The van der Waals surface area contributed by atoms with Gasteiger partial charge in [-0.3, -0.25) is 4.79 Å². The molecule has 1 fully saturated rings. The van der Waals surface area contributed by atoms with Crippen LogP contribution in [0.4, 0.5) is 10.1 Å². The van der Waals surface area contributed by atoms with Crippen molar-refractivity contribution in [2.75, 3.05) is 31.1 Å². The number of hydrogen-bond donors (Lipinski definition) is 0. The van der Waals surface area contributed by atoms with Crippen LogP contribution >= 0.6 is 22.9 Å². The summed E-state index contributed by atoms with van der Waals surface area (Å²) in [6.45, 7) is 2.62. The van der Waals surface area contributed by atoms with Gasteiger partial charge in [0.2, 0.25) is 0 Å². The molecule has 0 N–H and O–H groups in total. The number of thiophene rings is 1. The number of anilines is 1. The predicted octanol–water partition coefficient (Wildman–Crippen LogP) is 5.36. The SMILES string of the molecule is O=C(c1cc(-c2cccs2)nn1-c1ccc(F)cc1)N1CCN(c2cccc(Cl)c2)CC1. The van der Waals surface area contributed by atoms with Gasteiger partial charge in [-0.25, -0.2) is 9.07 Å². The van der Waals surface area contributed by atoms with E-state index in [0.717, 1.165) is 16.3 Å². The molecular formula is C24H20ClFN4OS. The third-order valence-electron chi connectivity index (χ3n) is 5.51. The Hall–Kier alpha value is -3.16. The molecule has 0 saturated carbocycles. The van der Waals surface area contributed by atoms with Crippen molar-refractivity contribution in [2.45, 2.75) is 0 Å². The quantitative estimate of drug-likeness (QED) is 0.407. The van der Waals surface area contributed by atoms with Gasteiger partial charge in [-0.2, -0.15) is 5.10 Å². The largest absolute Gasteiger partial charge is 0.368 e. The summed E-state index contributed by atoms with van der Waals surface area (Å²) in [6.07, 6.45) is 0. The minimum absolute atomic E-state index is 0.0876. The van der Waals surface area contributed by atoms with E-state index in [2.05, 4.69) is 10.00 Å². The molecule has 32 heavy (non-hydrogen) atoms. The number of nitrogens with zero attached hydrogens (tertiary/aromatic N) is 4. The highest BCUT2D eigenvalue weighted by Crippen LogP contribution is 2.27. The van der Waals surface area contributed by atoms with Gasteiger partial charge < -0.3 is 9.80 Å². The smallest absolute Gasteiger partial charge is 0.272 e. The second-order valence-corrected chi connectivity index (χ2v) is 8.92. The molecule has 2 aromatic carbocycles. The van der Waals surface area contributed by atoms with Crippen LogP contribution in [0.15, 0.2) is 72.1 Å². The molecule has 0 unspecified atom stereocenters. The third kappa shape index (κ3) is 4.13. The van der Waals surface area contributed by atoms with Crippen LogP contribution in [0.25, 0.3) is 16.3 Å². The molecule has 162 valence electrons. The van der Waals surface area contributed by atoms with Crippen molar-refractivity contribution in [3.63, 3.8) is 0 Å². The average molecular weight is 467 g/mol. The van der Waals surface area contributed by atoms with E-state index in [-0.39, 0.29) is 11.7 Å². The van der Waals surface area contributed by atoms with E-state index in [0.29, 0.717) is 42.6 Å². The summed E-state index contributed by atoms with van der Waals surface area (Å²) in [5, 5.41) is 7.35. The topological polar surface area (TPSA) is 41.4 Å². The van der Waals surface area contributed by atoms with Gasteiger partial charge in [0, 0.05) is 36.9 Å². The maximum Gasteiger partial charge on any atom is 0.272 e. The molecule has 3 heterocycles. The first-order valence-electron chi connectivity index (χ1n) is 10.3. The highest BCUT2D eigenvalue weighted by molar-refractivity contribution is 7.13. The van der Waals surface area contributed by atoms with Crippen molar-refractivity contribution in [3.8, 4) is 16.3 Å². The molecule has 1 aliphatic heterocycles. The fourth-order valence-electron chi connectivity index (χ4n) is 3.86. The zero-order valence-electron chi connectivity index (χ0n) is 17.1. The predicted molar refractivity (Wildman–Crippen MR) is 126 cm³/mol. The molecule has 1 aliphatic rings. The highest BCUT2D eigenvalue weighted by atomic mass is 35.5. The number of halogens is 2. The number of aromatic nitrogens is 2. The fraction of sp³-hybridized carbons (Fsp3) is 0.167. The Balaban J connectivity index is 1.41. The Labute approximate surface area is 194 Å². The van der Waals surface area contributed by atoms with Crippen molar-refractivity contribution in [1.82, 2.24) is 14.7 Å². The van der Waals surface area contributed by atoms with Crippen molar-refractivity contribution in [3.05, 3.63) is 88.6 Å². The summed E-state index contributed by atoms with van der Waals surface area (Å²) in [5.74, 6) is -0.417. The lowest BCUT2D eigenvalue weighted by Gasteiger charge is -2.36. The lowest BCUT2D eigenvalue weighted by Crippen LogP contribution is -2.49. The van der Waals surface area contributed by atoms with Gasteiger partial charge >= 0.3 is 0 Å². The van der Waals surface area contributed by atoms with E-state index >= 15 is 0 Å². The first-order chi connectivity index (χ1) is 15.6. The van der Waals surface area contributed by atoms with Crippen molar-refractivity contribution in [2.24, 2.45) is 0 Å². The number of rotatable bonds is 4. The normalized spacial score (nSPS) is 14.1. The maximum absolute atomic E-state index is 13.5. The third-order valence-corrected chi connectivity index (χ3v) is 6.64. The minimum Gasteiger partial charge on any atom is -0.368 e. The molecule has 4 aromatic rings. The summed E-state index contributed by atoms with van der Waals surface area (Å²) in [6, 6.07) is 19.5. The van der Waals surface area contributed by atoms with Crippen molar-refractivity contribution >= 4 is 34.5 Å². The molecule has 1 amide bonds. The molecule has 0 bridgehead atoms. The maximum atomic E-state index is 13.5. The standard InChI is InChI=1S/C24H20ClFN4OS/c25-17-3-1-4-20(15-17)28-10-12-29(13-11-28)24(31)22-16-21(23-5-2-14-32-23)27-30(22)19-8-6-18(26)7-9-19/h1-9,14-16H,10-13H2. The Morgan fingerprint density at radius 2 is 1.72 bits per heavy atom. The summed E-state index contributed by atoms with van der Waals surface area (Å²) >= 11 is 7.69. The molecule has 0 aliphatic carbocycles. The van der Waals surface area contributed by atoms with Gasteiger partial charge in [-0.15, -0.1) is 11.3 Å². The Morgan fingerprint density at radius 1 is 0.938 bits per heavy atom. The Morgan fingerprint density at radius 3 is 2.41 bits per heavy atom. The molecule has 1 saturated heterocycles. The van der Waals surface area contributed by atoms with Gasteiger partial charge in [0.15, 0.2) is 0 Å². The lowest BCUT2D eigenvalue weighted by molar-refractivity contribution is 0.0737. The van der Waals surface area contributed by atoms with Crippen LogP contribution in [0.5, 0.6) is 0 Å². The van der Waals surface area contributed by atoms with Gasteiger partial charge in [0.1, 0.15) is 17.2 Å². The molecular weight excluding hydrogens is 447 g/mol. The number of benzene rings is 2. The highest BCUT2D eigenvalue weighted by Gasteiger charge is 2.26. The number of piperazine rings is 1. The van der Waals surface area contributed by atoms with E-state index in [9.17, 15) is 9.18 Å². The van der Waals surface area contributed by atoms with Crippen LogP contribution in [0.3, 0.4) is 0 Å². The van der Waals surface area contributed by atoms with Gasteiger partial charge in [0.25, 0.3) is 5.91 Å². The number of hydrogen-bond acceptors (Lipinski definition) is 4. The summed E-state index contributed by atoms with van der Waals surface area (Å²) < 4.78 is 15.1. The monoisotopic (exact) mass is 466 g/mol. The molecule has 0 atom stereocenters. The van der Waals surface area contributed by atoms with E-state index in [1.54, 1.807) is 28.2 Å². The summed E-state index contributed by atoms with van der Waals surface area (Å²) in [5.41, 5.74) is 2.90. The Bertz CT molecular complexity index is 1230. The number of amides is 1. The van der Waals surface area contributed by atoms with E-state index < -0.39 is 0 Å². The van der Waals surface area contributed by atoms with Crippen LogP contribution < -0.4 is 4.90 Å². The van der Waals surface area contributed by atoms with Crippen molar-refractivity contribution in [1.29, 1.82) is 0 Å². The van der Waals surface area contributed by atoms with Crippen LogP contribution in [0.1, 0.15) is 10.5 Å². The molecule has 0 radical (unpaired) electrons. The van der Waals surface area contributed by atoms with Crippen LogP contribution in [-0.2, 0) is 0 Å². The lowest BCUT2D eigenvalue weighted by atomic mass is 10.2. The van der Waals surface area contributed by atoms with Crippen LogP contribution in [0.2, 0.25) is 5.02 Å². The van der Waals surface area contributed by atoms with Crippen LogP contribution in [0, 0.1) is 5.82 Å². The second-order valence-electron chi connectivity index (χ2n) is 7.54. The van der Waals surface area contributed by atoms with E-state index in [4.69, 9.17) is 11.6 Å². The molecule has 0 spiro atoms. The van der Waals surface area contributed by atoms with Crippen LogP contribution in [-0.4, -0.2) is 46.8 Å². The fourth-order valence-corrected chi connectivity index (χ4v) is 4.73. The zero-order chi connectivity index (χ0) is 22.1. The molecule has 5 rings (SSSR count). The zero-order valence-corrected chi connectivity index (χ0v) is 18.7. The van der Waals surface area contributed by atoms with Gasteiger partial charge in [0.05, 0.1) is 10.6 Å². The van der Waals surface area contributed by atoms with E-state index in [1.165, 1.54) is 12.1 Å². The van der Waals surface area contributed by atoms with Crippen molar-refractivity contribution < 1.29 is 9.18 Å². The molecule has 8 heteroatoms.